The van der Waals surface area contributed by atoms with E-state index in [4.69, 9.17) is 26.8 Å². The number of allylic oxidation sites excluding steroid dienone is 2. The van der Waals surface area contributed by atoms with Crippen molar-refractivity contribution in [3.63, 3.8) is 0 Å². The number of ether oxygens (including phenoxy) is 2. The highest BCUT2D eigenvalue weighted by Crippen LogP contribution is 2.40. The Labute approximate surface area is 131 Å². The van der Waals surface area contributed by atoms with Crippen LogP contribution in [0, 0.1) is 17.1 Å². The molecule has 1 heterocycles. The molecule has 1 atom stereocenters. The van der Waals surface area contributed by atoms with Gasteiger partial charge in [-0.15, -0.1) is 11.6 Å². The molecule has 0 aliphatic carbocycles. The van der Waals surface area contributed by atoms with Gasteiger partial charge in [0.25, 0.3) is 0 Å². The van der Waals surface area contributed by atoms with E-state index < -0.39 is 17.7 Å². The predicted octanol–water partition coefficient (Wildman–Crippen LogP) is 2.30. The Morgan fingerprint density at radius 1 is 1.55 bits per heavy atom. The third-order valence-electron chi connectivity index (χ3n) is 3.24. The van der Waals surface area contributed by atoms with E-state index in [1.807, 2.05) is 6.07 Å². The van der Waals surface area contributed by atoms with E-state index in [-0.39, 0.29) is 34.2 Å². The van der Waals surface area contributed by atoms with E-state index in [9.17, 15) is 14.4 Å². The second-order valence-electron chi connectivity index (χ2n) is 4.41. The van der Waals surface area contributed by atoms with Crippen LogP contribution in [0.3, 0.4) is 0 Å². The fraction of sp³-hybridized carbons (Fsp3) is 0.200. The zero-order valence-electron chi connectivity index (χ0n) is 11.6. The van der Waals surface area contributed by atoms with Crippen LogP contribution in [0.25, 0.3) is 0 Å². The summed E-state index contributed by atoms with van der Waals surface area (Å²) in [6.45, 7) is 0. The maximum atomic E-state index is 14.2. The maximum absolute atomic E-state index is 14.2. The number of halogens is 2. The zero-order chi connectivity index (χ0) is 16.3. The second kappa shape index (κ2) is 6.50. The number of alkyl halides is 1. The van der Waals surface area contributed by atoms with E-state index in [1.54, 1.807) is 6.07 Å². The lowest BCUT2D eigenvalue weighted by Crippen LogP contribution is -2.26. The molecule has 22 heavy (non-hydrogen) atoms. The quantitative estimate of drug-likeness (QED) is 0.681. The molecule has 1 unspecified atom stereocenters. The Bertz CT molecular complexity index is 722. The van der Waals surface area contributed by atoms with Crippen molar-refractivity contribution in [1.29, 1.82) is 5.26 Å². The number of benzene rings is 1. The molecule has 0 spiro atoms. The average molecular weight is 323 g/mol. The largest absolute Gasteiger partial charge is 0.466 e. The van der Waals surface area contributed by atoms with Crippen LogP contribution in [0.4, 0.5) is 4.39 Å². The molecule has 1 aliphatic heterocycles. The Morgan fingerprint density at radius 2 is 2.23 bits per heavy atom. The summed E-state index contributed by atoms with van der Waals surface area (Å²) in [6, 6.07) is 7.64. The molecule has 0 radical (unpaired) electrons. The van der Waals surface area contributed by atoms with Crippen LogP contribution in [0.15, 0.2) is 47.1 Å². The Balaban J connectivity index is 2.73. The minimum atomic E-state index is -1.03. The van der Waals surface area contributed by atoms with Gasteiger partial charge >= 0.3 is 5.97 Å². The molecule has 0 fully saturated rings. The van der Waals surface area contributed by atoms with Crippen molar-refractivity contribution in [2.75, 3.05) is 13.0 Å². The molecule has 0 aromatic heterocycles. The number of carbonyl (C=O) groups is 1. The van der Waals surface area contributed by atoms with E-state index in [0.717, 1.165) is 0 Å². The third kappa shape index (κ3) is 2.63. The second-order valence-corrected chi connectivity index (χ2v) is 4.68. The Morgan fingerprint density at radius 3 is 2.77 bits per heavy atom. The first kappa shape index (κ1) is 15.9. The van der Waals surface area contributed by atoms with Gasteiger partial charge in [-0.3, -0.25) is 0 Å². The topological polar surface area (TPSA) is 85.3 Å². The number of nitrogens with two attached hydrogens (primary N) is 1. The Kier molecular flexibility index (Phi) is 4.68. The van der Waals surface area contributed by atoms with Crippen LogP contribution in [-0.2, 0) is 14.3 Å². The van der Waals surface area contributed by atoms with Crippen molar-refractivity contribution in [2.45, 2.75) is 5.92 Å². The molecule has 1 aliphatic rings. The molecule has 1 aromatic carbocycles. The molecule has 114 valence electrons. The molecule has 2 rings (SSSR count). The van der Waals surface area contributed by atoms with Crippen molar-refractivity contribution < 1.29 is 18.7 Å². The highest BCUT2D eigenvalue weighted by molar-refractivity contribution is 6.19. The van der Waals surface area contributed by atoms with Gasteiger partial charge in [-0.2, -0.15) is 5.26 Å². The lowest BCUT2D eigenvalue weighted by Gasteiger charge is -2.27. The summed E-state index contributed by atoms with van der Waals surface area (Å²) < 4.78 is 24.1. The van der Waals surface area contributed by atoms with Gasteiger partial charge < -0.3 is 15.2 Å². The smallest absolute Gasteiger partial charge is 0.338 e. The highest BCUT2D eigenvalue weighted by Gasteiger charge is 2.38. The third-order valence-corrected chi connectivity index (χ3v) is 3.48. The number of hydrogen-bond acceptors (Lipinski definition) is 5. The van der Waals surface area contributed by atoms with Gasteiger partial charge in [-0.05, 0) is 6.07 Å². The first-order chi connectivity index (χ1) is 10.5. The first-order valence-electron chi connectivity index (χ1n) is 6.24. The highest BCUT2D eigenvalue weighted by atomic mass is 35.5. The number of nitrogens with zero attached hydrogens (tertiary/aromatic N) is 1. The van der Waals surface area contributed by atoms with E-state index in [2.05, 4.69) is 0 Å². The number of methoxy groups -OCH3 is 1. The monoisotopic (exact) mass is 322 g/mol. The molecule has 0 bridgehead atoms. The van der Waals surface area contributed by atoms with E-state index in [0.29, 0.717) is 0 Å². The summed E-state index contributed by atoms with van der Waals surface area (Å²) in [6.07, 6.45) is 0. The standard InChI is InChI=1S/C15H12ClFN2O3/c1-21-15(20)13-11(6-16)22-14(19)9(7-18)12(13)8-4-2-3-5-10(8)17/h2-5,12H,6,19H2,1H3. The van der Waals surface area contributed by atoms with E-state index in [1.165, 1.54) is 25.3 Å². The molecule has 1 aromatic rings. The molecule has 0 amide bonds. The fourth-order valence-corrected chi connectivity index (χ4v) is 2.47. The number of carbonyl (C=O) groups excluding carboxylic acids is 1. The van der Waals surface area contributed by atoms with Crippen molar-refractivity contribution >= 4 is 17.6 Å². The molecule has 0 saturated heterocycles. The summed E-state index contributed by atoms with van der Waals surface area (Å²) in [5.74, 6) is -2.71. The van der Waals surface area contributed by atoms with Crippen molar-refractivity contribution in [3.8, 4) is 6.07 Å². The summed E-state index contributed by atoms with van der Waals surface area (Å²) in [5.41, 5.74) is 5.72. The zero-order valence-corrected chi connectivity index (χ0v) is 12.4. The number of nitriles is 1. The molecule has 7 heteroatoms. The minimum absolute atomic E-state index is 0.0339. The van der Waals surface area contributed by atoms with Gasteiger partial charge in [-0.1, -0.05) is 18.2 Å². The minimum Gasteiger partial charge on any atom is -0.466 e. The predicted molar refractivity (Wildman–Crippen MR) is 76.8 cm³/mol. The molecule has 5 nitrogen and oxygen atoms in total. The van der Waals surface area contributed by atoms with Crippen LogP contribution in [0.1, 0.15) is 11.5 Å². The van der Waals surface area contributed by atoms with Crippen LogP contribution >= 0.6 is 11.6 Å². The number of esters is 1. The molecule has 0 saturated carbocycles. The van der Waals surface area contributed by atoms with Gasteiger partial charge in [0.05, 0.1) is 24.5 Å². The summed E-state index contributed by atoms with van der Waals surface area (Å²) in [5, 5.41) is 9.32. The number of rotatable bonds is 3. The lowest BCUT2D eigenvalue weighted by atomic mass is 9.83. The summed E-state index contributed by atoms with van der Waals surface area (Å²) in [4.78, 5) is 12.1. The van der Waals surface area contributed by atoms with Crippen molar-refractivity contribution in [3.05, 3.63) is 58.4 Å². The van der Waals surface area contributed by atoms with Gasteiger partial charge in [0, 0.05) is 5.56 Å². The van der Waals surface area contributed by atoms with E-state index >= 15 is 0 Å². The first-order valence-corrected chi connectivity index (χ1v) is 6.77. The normalized spacial score (nSPS) is 17.8. The molecular weight excluding hydrogens is 311 g/mol. The molecular formula is C15H12ClFN2O3. The van der Waals surface area contributed by atoms with Crippen LogP contribution in [0.2, 0.25) is 0 Å². The average Bonchev–Trinajstić information content (AvgIpc) is 2.53. The van der Waals surface area contributed by atoms with Crippen molar-refractivity contribution in [1.82, 2.24) is 0 Å². The van der Waals surface area contributed by atoms with Gasteiger partial charge in [-0.25, -0.2) is 9.18 Å². The van der Waals surface area contributed by atoms with Crippen LogP contribution < -0.4 is 5.73 Å². The van der Waals surface area contributed by atoms with Crippen LogP contribution in [0.5, 0.6) is 0 Å². The Hall–Kier alpha value is -2.52. The van der Waals surface area contributed by atoms with Gasteiger partial charge in [0.2, 0.25) is 5.88 Å². The summed E-state index contributed by atoms with van der Waals surface area (Å²) in [7, 11) is 1.17. The number of hydrogen-bond donors (Lipinski definition) is 1. The van der Waals surface area contributed by atoms with Crippen LogP contribution in [-0.4, -0.2) is 19.0 Å². The SMILES string of the molecule is COC(=O)C1=C(CCl)OC(N)=C(C#N)C1c1ccccc1F. The van der Waals surface area contributed by atoms with Crippen molar-refractivity contribution in [2.24, 2.45) is 5.73 Å². The summed E-state index contributed by atoms with van der Waals surface area (Å²) >= 11 is 5.78. The fourth-order valence-electron chi connectivity index (χ4n) is 2.27. The van der Waals surface area contributed by atoms with Gasteiger partial charge in [0.15, 0.2) is 0 Å². The maximum Gasteiger partial charge on any atom is 0.338 e. The van der Waals surface area contributed by atoms with Gasteiger partial charge in [0.1, 0.15) is 23.2 Å². The molecule has 2 N–H and O–H groups in total. The lowest BCUT2D eigenvalue weighted by molar-refractivity contribution is -0.136.